The van der Waals surface area contributed by atoms with Crippen molar-refractivity contribution in [1.29, 1.82) is 0 Å². The Kier molecular flexibility index (Phi) is 8.01. The van der Waals surface area contributed by atoms with Crippen LogP contribution >= 0.6 is 0 Å². The van der Waals surface area contributed by atoms with E-state index in [1.165, 1.54) is 25.7 Å². The molecule has 0 aliphatic carbocycles. The molecule has 2 N–H and O–H groups in total. The van der Waals surface area contributed by atoms with E-state index in [9.17, 15) is 9.90 Å². The zero-order valence-electron chi connectivity index (χ0n) is 11.7. The summed E-state index contributed by atoms with van der Waals surface area (Å²) in [7, 11) is 0. The lowest BCUT2D eigenvalue weighted by Crippen LogP contribution is -2.43. The Morgan fingerprint density at radius 3 is 2.72 bits per heavy atom. The van der Waals surface area contributed by atoms with Crippen molar-refractivity contribution in [3.63, 3.8) is 0 Å². The summed E-state index contributed by atoms with van der Waals surface area (Å²) in [5, 5.41) is 12.7. The fourth-order valence-corrected chi connectivity index (χ4v) is 2.58. The van der Waals surface area contributed by atoms with Gasteiger partial charge in [-0.2, -0.15) is 0 Å². The van der Waals surface area contributed by atoms with Crippen LogP contribution in [0, 0.1) is 0 Å². The summed E-state index contributed by atoms with van der Waals surface area (Å²) >= 11 is 0. The first-order valence-corrected chi connectivity index (χ1v) is 7.43. The highest BCUT2D eigenvalue weighted by atomic mass is 16.4. The predicted molar refractivity (Wildman–Crippen MR) is 73.9 cm³/mol. The van der Waals surface area contributed by atoms with E-state index in [4.69, 9.17) is 0 Å². The lowest BCUT2D eigenvalue weighted by atomic mass is 10.0. The van der Waals surface area contributed by atoms with Gasteiger partial charge in [-0.25, -0.2) is 0 Å². The number of rotatable bonds is 8. The molecule has 1 atom stereocenters. The maximum absolute atomic E-state index is 11.4. The summed E-state index contributed by atoms with van der Waals surface area (Å²) in [4.78, 5) is 13.5. The number of nitrogens with one attached hydrogen (secondary N) is 1. The summed E-state index contributed by atoms with van der Waals surface area (Å²) < 4.78 is 0. The molecular weight excluding hydrogens is 228 g/mol. The first-order valence-electron chi connectivity index (χ1n) is 7.43. The maximum atomic E-state index is 11.4. The SMILES string of the molecule is CCCCCCCC(C(=O)O)N1CCCNCC1. The van der Waals surface area contributed by atoms with E-state index < -0.39 is 5.97 Å². The van der Waals surface area contributed by atoms with E-state index >= 15 is 0 Å². The van der Waals surface area contributed by atoms with E-state index in [0.29, 0.717) is 0 Å². The van der Waals surface area contributed by atoms with Gasteiger partial charge >= 0.3 is 5.97 Å². The van der Waals surface area contributed by atoms with Crippen LogP contribution in [0.15, 0.2) is 0 Å². The molecule has 18 heavy (non-hydrogen) atoms. The van der Waals surface area contributed by atoms with Gasteiger partial charge in [0, 0.05) is 19.6 Å². The highest BCUT2D eigenvalue weighted by Gasteiger charge is 2.25. The summed E-state index contributed by atoms with van der Waals surface area (Å²) in [6.45, 7) is 5.91. The van der Waals surface area contributed by atoms with Crippen LogP contribution < -0.4 is 5.32 Å². The molecule has 106 valence electrons. The van der Waals surface area contributed by atoms with Crippen LogP contribution in [0.5, 0.6) is 0 Å². The van der Waals surface area contributed by atoms with E-state index in [2.05, 4.69) is 17.1 Å². The Labute approximate surface area is 111 Å². The van der Waals surface area contributed by atoms with Crippen LogP contribution in [-0.4, -0.2) is 48.2 Å². The van der Waals surface area contributed by atoms with Crippen LogP contribution in [0.1, 0.15) is 51.9 Å². The van der Waals surface area contributed by atoms with Crippen molar-refractivity contribution in [1.82, 2.24) is 10.2 Å². The first-order chi connectivity index (χ1) is 8.75. The van der Waals surface area contributed by atoms with Crippen molar-refractivity contribution in [3.05, 3.63) is 0 Å². The van der Waals surface area contributed by atoms with E-state index in [0.717, 1.165) is 45.4 Å². The molecule has 1 heterocycles. The average Bonchev–Trinajstić information content (AvgIpc) is 2.62. The van der Waals surface area contributed by atoms with Gasteiger partial charge in [0.15, 0.2) is 0 Å². The van der Waals surface area contributed by atoms with Crippen LogP contribution in [0.3, 0.4) is 0 Å². The lowest BCUT2D eigenvalue weighted by Gasteiger charge is -2.27. The van der Waals surface area contributed by atoms with Crippen LogP contribution in [-0.2, 0) is 4.79 Å². The molecule has 4 nitrogen and oxygen atoms in total. The molecule has 1 saturated heterocycles. The molecule has 1 unspecified atom stereocenters. The topological polar surface area (TPSA) is 52.6 Å². The van der Waals surface area contributed by atoms with Crippen LogP contribution in [0.25, 0.3) is 0 Å². The smallest absolute Gasteiger partial charge is 0.320 e. The molecule has 0 saturated carbocycles. The molecule has 0 aromatic rings. The zero-order valence-corrected chi connectivity index (χ0v) is 11.7. The van der Waals surface area contributed by atoms with Gasteiger partial charge in [0.2, 0.25) is 0 Å². The average molecular weight is 256 g/mol. The van der Waals surface area contributed by atoms with Crippen molar-refractivity contribution in [2.75, 3.05) is 26.2 Å². The van der Waals surface area contributed by atoms with Crippen molar-refractivity contribution in [2.45, 2.75) is 57.9 Å². The number of hydrogen-bond acceptors (Lipinski definition) is 3. The van der Waals surface area contributed by atoms with E-state index in [1.807, 2.05) is 0 Å². The molecule has 0 radical (unpaired) electrons. The molecule has 1 fully saturated rings. The van der Waals surface area contributed by atoms with Gasteiger partial charge in [0.05, 0.1) is 0 Å². The predicted octanol–water partition coefficient (Wildman–Crippen LogP) is 2.10. The second-order valence-corrected chi connectivity index (χ2v) is 5.20. The monoisotopic (exact) mass is 256 g/mol. The summed E-state index contributed by atoms with van der Waals surface area (Å²) in [5.74, 6) is -0.646. The quantitative estimate of drug-likeness (QED) is 0.653. The first kappa shape index (κ1) is 15.4. The Hall–Kier alpha value is -0.610. The maximum Gasteiger partial charge on any atom is 0.320 e. The molecule has 1 aliphatic rings. The van der Waals surface area contributed by atoms with Crippen LogP contribution in [0.4, 0.5) is 0 Å². The molecule has 1 rings (SSSR count). The minimum Gasteiger partial charge on any atom is -0.480 e. The number of nitrogens with zero attached hydrogens (tertiary/aromatic N) is 1. The third kappa shape index (κ3) is 5.83. The molecule has 0 amide bonds. The highest BCUT2D eigenvalue weighted by Crippen LogP contribution is 2.13. The molecule has 0 aromatic carbocycles. The van der Waals surface area contributed by atoms with Gasteiger partial charge in [0.1, 0.15) is 6.04 Å². The Balaban J connectivity index is 2.31. The summed E-state index contributed by atoms with van der Waals surface area (Å²) in [6.07, 6.45) is 7.82. The van der Waals surface area contributed by atoms with Gasteiger partial charge in [-0.15, -0.1) is 0 Å². The fourth-order valence-electron chi connectivity index (χ4n) is 2.58. The van der Waals surface area contributed by atoms with Crippen molar-refractivity contribution in [3.8, 4) is 0 Å². The zero-order chi connectivity index (χ0) is 13.2. The Bertz CT molecular complexity index is 226. The van der Waals surface area contributed by atoms with Gasteiger partial charge < -0.3 is 10.4 Å². The molecule has 0 aromatic heterocycles. The van der Waals surface area contributed by atoms with Crippen molar-refractivity contribution in [2.24, 2.45) is 0 Å². The highest BCUT2D eigenvalue weighted by molar-refractivity contribution is 5.73. The van der Waals surface area contributed by atoms with Gasteiger partial charge in [-0.05, 0) is 19.4 Å². The third-order valence-corrected chi connectivity index (χ3v) is 3.68. The van der Waals surface area contributed by atoms with E-state index in [-0.39, 0.29) is 6.04 Å². The van der Waals surface area contributed by atoms with E-state index in [1.54, 1.807) is 0 Å². The standard InChI is InChI=1S/C14H28N2O2/c1-2-3-4-5-6-8-13(14(17)18)16-11-7-9-15-10-12-16/h13,15H,2-12H2,1H3,(H,17,18). The third-order valence-electron chi connectivity index (χ3n) is 3.68. The Morgan fingerprint density at radius 2 is 2.00 bits per heavy atom. The van der Waals surface area contributed by atoms with Crippen molar-refractivity contribution >= 4 is 5.97 Å². The van der Waals surface area contributed by atoms with Gasteiger partial charge in [-0.1, -0.05) is 39.0 Å². The summed E-state index contributed by atoms with van der Waals surface area (Å²) in [6, 6.07) is -0.272. The minimum absolute atomic E-state index is 0.272. The number of carboxylic acids is 1. The summed E-state index contributed by atoms with van der Waals surface area (Å²) in [5.41, 5.74) is 0. The Morgan fingerprint density at radius 1 is 1.22 bits per heavy atom. The number of hydrogen-bond donors (Lipinski definition) is 2. The molecule has 0 spiro atoms. The lowest BCUT2D eigenvalue weighted by molar-refractivity contribution is -0.143. The number of aliphatic carboxylic acids is 1. The molecule has 1 aliphatic heterocycles. The molecule has 4 heteroatoms. The minimum atomic E-state index is -0.646. The number of carbonyl (C=O) groups is 1. The second kappa shape index (κ2) is 9.34. The van der Waals surface area contributed by atoms with Gasteiger partial charge in [0.25, 0.3) is 0 Å². The number of carboxylic acid groups (broad SMARTS) is 1. The normalized spacial score (nSPS) is 19.4. The number of unbranched alkanes of at least 4 members (excludes halogenated alkanes) is 4. The fraction of sp³-hybridized carbons (Fsp3) is 0.929. The molecular formula is C14H28N2O2. The molecule has 0 bridgehead atoms. The van der Waals surface area contributed by atoms with Crippen LogP contribution in [0.2, 0.25) is 0 Å². The largest absolute Gasteiger partial charge is 0.480 e. The van der Waals surface area contributed by atoms with Crippen molar-refractivity contribution < 1.29 is 9.90 Å². The second-order valence-electron chi connectivity index (χ2n) is 5.20. The van der Waals surface area contributed by atoms with Gasteiger partial charge in [-0.3, -0.25) is 9.69 Å².